The molecule has 2 atom stereocenters. The highest BCUT2D eigenvalue weighted by Gasteiger charge is 2.32. The van der Waals surface area contributed by atoms with Crippen LogP contribution in [0.5, 0.6) is 5.75 Å². The number of phenols is 1. The number of aliphatic hydroxyl groups is 1. The van der Waals surface area contributed by atoms with Crippen LogP contribution in [0.1, 0.15) is 17.5 Å². The molecule has 1 fully saturated rings. The van der Waals surface area contributed by atoms with Gasteiger partial charge in [-0.2, -0.15) is 0 Å². The van der Waals surface area contributed by atoms with Crippen molar-refractivity contribution in [3.05, 3.63) is 42.0 Å². The minimum absolute atomic E-state index is 0.196. The fraction of sp³-hybridized carbons (Fsp3) is 0.529. The van der Waals surface area contributed by atoms with Crippen LogP contribution in [0.25, 0.3) is 0 Å². The van der Waals surface area contributed by atoms with E-state index < -0.39 is 0 Å². The second kappa shape index (κ2) is 7.07. The van der Waals surface area contributed by atoms with Gasteiger partial charge in [-0.15, -0.1) is 6.58 Å². The molecule has 1 aliphatic heterocycles. The molecule has 0 aliphatic carbocycles. The standard InChI is InChI=1S/C17H26N2O2/c1-4-5-14-8-13(6-7-17(14)21)10-19-11-15(18(2)3)9-16(19)12-20/h4,6-8,15-16,20-21H,1,5,9-12H2,2-3H3/t15-,16+/m1/s1. The zero-order chi connectivity index (χ0) is 15.4. The van der Waals surface area contributed by atoms with Crippen molar-refractivity contribution in [1.29, 1.82) is 0 Å². The lowest BCUT2D eigenvalue weighted by molar-refractivity contribution is 0.153. The van der Waals surface area contributed by atoms with Gasteiger partial charge in [-0.1, -0.05) is 18.2 Å². The predicted molar refractivity (Wildman–Crippen MR) is 85.4 cm³/mol. The Labute approximate surface area is 127 Å². The van der Waals surface area contributed by atoms with Crippen LogP contribution < -0.4 is 0 Å². The molecular weight excluding hydrogens is 264 g/mol. The molecule has 21 heavy (non-hydrogen) atoms. The van der Waals surface area contributed by atoms with Crippen molar-refractivity contribution in [3.63, 3.8) is 0 Å². The van der Waals surface area contributed by atoms with E-state index in [1.807, 2.05) is 12.1 Å². The lowest BCUT2D eigenvalue weighted by Gasteiger charge is -2.23. The molecule has 2 N–H and O–H groups in total. The van der Waals surface area contributed by atoms with E-state index in [1.54, 1.807) is 12.1 Å². The van der Waals surface area contributed by atoms with Crippen LogP contribution in [0, 0.1) is 0 Å². The number of likely N-dealkylation sites (N-methyl/N-ethyl adjacent to an activating group) is 1. The number of rotatable bonds is 6. The van der Waals surface area contributed by atoms with E-state index in [9.17, 15) is 10.2 Å². The van der Waals surface area contributed by atoms with Crippen molar-refractivity contribution in [3.8, 4) is 5.75 Å². The SMILES string of the molecule is C=CCc1cc(CN2C[C@H](N(C)C)C[C@H]2CO)ccc1O. The molecule has 1 saturated heterocycles. The molecule has 4 nitrogen and oxygen atoms in total. The number of hydrogen-bond donors (Lipinski definition) is 2. The summed E-state index contributed by atoms with van der Waals surface area (Å²) in [5.41, 5.74) is 2.08. The van der Waals surface area contributed by atoms with Gasteiger partial charge in [0.2, 0.25) is 0 Å². The van der Waals surface area contributed by atoms with Gasteiger partial charge in [-0.3, -0.25) is 4.90 Å². The van der Waals surface area contributed by atoms with Crippen LogP contribution in [0.3, 0.4) is 0 Å². The van der Waals surface area contributed by atoms with E-state index in [2.05, 4.69) is 30.5 Å². The molecule has 1 aromatic carbocycles. The number of likely N-dealkylation sites (tertiary alicyclic amines) is 1. The maximum atomic E-state index is 9.83. The van der Waals surface area contributed by atoms with E-state index in [0.717, 1.165) is 25.1 Å². The summed E-state index contributed by atoms with van der Waals surface area (Å²) in [7, 11) is 4.18. The molecule has 1 aliphatic rings. The fourth-order valence-electron chi connectivity index (χ4n) is 3.01. The first-order valence-corrected chi connectivity index (χ1v) is 7.48. The molecule has 1 heterocycles. The molecule has 0 radical (unpaired) electrons. The second-order valence-electron chi connectivity index (χ2n) is 6.07. The number of aliphatic hydroxyl groups excluding tert-OH is 1. The molecular formula is C17H26N2O2. The Hall–Kier alpha value is -1.36. The van der Waals surface area contributed by atoms with Gasteiger partial charge < -0.3 is 15.1 Å². The van der Waals surface area contributed by atoms with Crippen LogP contribution in [0.15, 0.2) is 30.9 Å². The summed E-state index contributed by atoms with van der Waals surface area (Å²) < 4.78 is 0. The summed E-state index contributed by atoms with van der Waals surface area (Å²) in [5, 5.41) is 19.4. The van der Waals surface area contributed by atoms with Crippen molar-refractivity contribution in [1.82, 2.24) is 9.80 Å². The smallest absolute Gasteiger partial charge is 0.119 e. The Morgan fingerprint density at radius 2 is 2.19 bits per heavy atom. The fourth-order valence-corrected chi connectivity index (χ4v) is 3.01. The van der Waals surface area contributed by atoms with E-state index in [4.69, 9.17) is 0 Å². The van der Waals surface area contributed by atoms with Gasteiger partial charge in [0, 0.05) is 25.2 Å². The Morgan fingerprint density at radius 3 is 2.81 bits per heavy atom. The van der Waals surface area contributed by atoms with Crippen LogP contribution in [0.4, 0.5) is 0 Å². The van der Waals surface area contributed by atoms with Gasteiger partial charge >= 0.3 is 0 Å². The maximum Gasteiger partial charge on any atom is 0.119 e. The summed E-state index contributed by atoms with van der Waals surface area (Å²) in [5.74, 6) is 0.324. The first-order valence-electron chi connectivity index (χ1n) is 7.48. The van der Waals surface area contributed by atoms with Gasteiger partial charge in [-0.25, -0.2) is 0 Å². The van der Waals surface area contributed by atoms with E-state index in [1.165, 1.54) is 5.56 Å². The molecule has 0 aromatic heterocycles. The van der Waals surface area contributed by atoms with Gasteiger partial charge in [0.25, 0.3) is 0 Å². The highest BCUT2D eigenvalue weighted by molar-refractivity contribution is 5.37. The Morgan fingerprint density at radius 1 is 1.43 bits per heavy atom. The third-order valence-corrected chi connectivity index (χ3v) is 4.34. The van der Waals surface area contributed by atoms with Gasteiger partial charge in [-0.05, 0) is 44.1 Å². The Balaban J connectivity index is 2.10. The first-order chi connectivity index (χ1) is 10.0. The molecule has 0 spiro atoms. The molecule has 1 aromatic rings. The van der Waals surface area contributed by atoms with Crippen molar-refractivity contribution in [2.75, 3.05) is 27.2 Å². The second-order valence-corrected chi connectivity index (χ2v) is 6.07. The highest BCUT2D eigenvalue weighted by Crippen LogP contribution is 2.25. The van der Waals surface area contributed by atoms with E-state index in [0.29, 0.717) is 18.2 Å². The molecule has 0 amide bonds. The maximum absolute atomic E-state index is 9.83. The number of phenolic OH excluding ortho intramolecular Hbond substituents is 1. The van der Waals surface area contributed by atoms with Gasteiger partial charge in [0.1, 0.15) is 5.75 Å². The van der Waals surface area contributed by atoms with Gasteiger partial charge in [0.15, 0.2) is 0 Å². The summed E-state index contributed by atoms with van der Waals surface area (Å²) >= 11 is 0. The zero-order valence-corrected chi connectivity index (χ0v) is 13.0. The summed E-state index contributed by atoms with van der Waals surface area (Å²) in [6.45, 7) is 5.69. The van der Waals surface area contributed by atoms with Crippen LogP contribution in [-0.4, -0.2) is 59.3 Å². The van der Waals surface area contributed by atoms with Crippen LogP contribution in [-0.2, 0) is 13.0 Å². The van der Waals surface area contributed by atoms with E-state index in [-0.39, 0.29) is 12.6 Å². The minimum Gasteiger partial charge on any atom is -0.508 e. The molecule has 116 valence electrons. The van der Waals surface area contributed by atoms with E-state index >= 15 is 0 Å². The quantitative estimate of drug-likeness (QED) is 0.782. The molecule has 0 unspecified atom stereocenters. The number of aromatic hydroxyl groups is 1. The lowest BCUT2D eigenvalue weighted by Crippen LogP contribution is -2.33. The number of nitrogens with zero attached hydrogens (tertiary/aromatic N) is 2. The molecule has 4 heteroatoms. The normalized spacial score (nSPS) is 22.9. The molecule has 0 saturated carbocycles. The third-order valence-electron chi connectivity index (χ3n) is 4.34. The van der Waals surface area contributed by atoms with Crippen LogP contribution in [0.2, 0.25) is 0 Å². The number of benzene rings is 1. The van der Waals surface area contributed by atoms with Crippen molar-refractivity contribution < 1.29 is 10.2 Å². The zero-order valence-electron chi connectivity index (χ0n) is 13.0. The Kier molecular flexibility index (Phi) is 5.39. The van der Waals surface area contributed by atoms with Crippen LogP contribution >= 0.6 is 0 Å². The summed E-state index contributed by atoms with van der Waals surface area (Å²) in [4.78, 5) is 4.55. The van der Waals surface area contributed by atoms with Crippen molar-refractivity contribution >= 4 is 0 Å². The summed E-state index contributed by atoms with van der Waals surface area (Å²) in [6.07, 6.45) is 3.47. The average molecular weight is 290 g/mol. The Bertz CT molecular complexity index is 488. The van der Waals surface area contributed by atoms with Gasteiger partial charge in [0.05, 0.1) is 6.61 Å². The minimum atomic E-state index is 0.196. The highest BCUT2D eigenvalue weighted by atomic mass is 16.3. The largest absolute Gasteiger partial charge is 0.508 e. The molecule has 2 rings (SSSR count). The third kappa shape index (κ3) is 3.84. The monoisotopic (exact) mass is 290 g/mol. The average Bonchev–Trinajstić information content (AvgIpc) is 2.86. The topological polar surface area (TPSA) is 46.9 Å². The number of allylic oxidation sites excluding steroid dienone is 1. The number of hydrogen-bond acceptors (Lipinski definition) is 4. The lowest BCUT2D eigenvalue weighted by atomic mass is 10.1. The van der Waals surface area contributed by atoms with Crippen molar-refractivity contribution in [2.24, 2.45) is 0 Å². The first kappa shape index (κ1) is 16.0. The molecule has 0 bridgehead atoms. The summed E-state index contributed by atoms with van der Waals surface area (Å²) in [6, 6.07) is 6.45. The van der Waals surface area contributed by atoms with Crippen molar-refractivity contribution in [2.45, 2.75) is 31.5 Å². The predicted octanol–water partition coefficient (Wildman–Crippen LogP) is 1.62.